The summed E-state index contributed by atoms with van der Waals surface area (Å²) in [5, 5.41) is 2.91. The van der Waals surface area contributed by atoms with Gasteiger partial charge in [0.05, 0.1) is 4.90 Å². The molecule has 0 aliphatic carbocycles. The average Bonchev–Trinajstić information content (AvgIpc) is 2.75. The molecule has 6 nitrogen and oxygen atoms in total. The number of sulfonamides is 1. The van der Waals surface area contributed by atoms with Crippen LogP contribution in [0.5, 0.6) is 0 Å². The Hall–Kier alpha value is -2.29. The number of aryl methyl sites for hydroxylation is 1. The number of rotatable bonds is 9. The van der Waals surface area contributed by atoms with Crippen molar-refractivity contribution in [1.29, 1.82) is 0 Å². The molecule has 0 aromatic heterocycles. The number of amides is 1. The van der Waals surface area contributed by atoms with E-state index in [1.165, 1.54) is 23.3 Å². The molecule has 0 atom stereocenters. The molecule has 1 saturated heterocycles. The number of benzene rings is 2. The molecule has 2 N–H and O–H groups in total. The summed E-state index contributed by atoms with van der Waals surface area (Å²) in [7, 11) is -3.74. The maximum Gasteiger partial charge on any atom is 0.240 e. The lowest BCUT2D eigenvalue weighted by molar-refractivity contribution is -0.121. The van der Waals surface area contributed by atoms with Gasteiger partial charge in [-0.2, -0.15) is 0 Å². The van der Waals surface area contributed by atoms with Gasteiger partial charge in [-0.1, -0.05) is 29.8 Å². The predicted octanol–water partition coefficient (Wildman–Crippen LogP) is 2.83. The van der Waals surface area contributed by atoms with Gasteiger partial charge in [0, 0.05) is 26.1 Å². The van der Waals surface area contributed by atoms with E-state index in [-0.39, 0.29) is 23.8 Å². The summed E-state index contributed by atoms with van der Waals surface area (Å²) >= 11 is 0. The Morgan fingerprint density at radius 3 is 2.35 bits per heavy atom. The van der Waals surface area contributed by atoms with Crippen LogP contribution in [0.2, 0.25) is 0 Å². The maximum atomic E-state index is 12.9. The summed E-state index contributed by atoms with van der Waals surface area (Å²) in [6.07, 6.45) is 2.12. The summed E-state index contributed by atoms with van der Waals surface area (Å²) in [5.74, 6) is -0.239. The zero-order valence-electron chi connectivity index (χ0n) is 17.8. The molecule has 2 aromatic rings. The van der Waals surface area contributed by atoms with Crippen LogP contribution in [0.15, 0.2) is 53.4 Å². The van der Waals surface area contributed by atoms with E-state index < -0.39 is 15.8 Å². The lowest BCUT2D eigenvalue weighted by Crippen LogP contribution is -2.39. The van der Waals surface area contributed by atoms with E-state index in [1.54, 1.807) is 0 Å². The van der Waals surface area contributed by atoms with E-state index in [0.717, 1.165) is 44.6 Å². The SMILES string of the molecule is Cc1ccc(CN2CCC(CNC(=O)CCNS(=O)(=O)c3ccc(F)cc3)CC2)cc1. The van der Waals surface area contributed by atoms with Crippen LogP contribution in [0.3, 0.4) is 0 Å². The van der Waals surface area contributed by atoms with Crippen molar-refractivity contribution in [2.45, 2.75) is 37.6 Å². The van der Waals surface area contributed by atoms with Gasteiger partial charge in [-0.3, -0.25) is 9.69 Å². The van der Waals surface area contributed by atoms with E-state index >= 15 is 0 Å². The zero-order chi connectivity index (χ0) is 22.3. The highest BCUT2D eigenvalue weighted by molar-refractivity contribution is 7.89. The Balaban J connectivity index is 1.32. The van der Waals surface area contributed by atoms with Gasteiger partial charge < -0.3 is 5.32 Å². The molecule has 0 spiro atoms. The van der Waals surface area contributed by atoms with Crippen LogP contribution in [-0.4, -0.2) is 45.4 Å². The fraction of sp³-hybridized carbons (Fsp3) is 0.435. The van der Waals surface area contributed by atoms with E-state index in [9.17, 15) is 17.6 Å². The van der Waals surface area contributed by atoms with Gasteiger partial charge in [-0.15, -0.1) is 0 Å². The molecule has 0 radical (unpaired) electrons. The molecule has 0 bridgehead atoms. The van der Waals surface area contributed by atoms with Gasteiger partial charge in [0.2, 0.25) is 15.9 Å². The second kappa shape index (κ2) is 10.8. The van der Waals surface area contributed by atoms with Crippen LogP contribution in [0.25, 0.3) is 0 Å². The van der Waals surface area contributed by atoms with Crippen LogP contribution in [0.1, 0.15) is 30.4 Å². The van der Waals surface area contributed by atoms with E-state index in [0.29, 0.717) is 12.5 Å². The Bertz CT molecular complexity index is 955. The van der Waals surface area contributed by atoms with Gasteiger partial charge in [0.15, 0.2) is 0 Å². The minimum Gasteiger partial charge on any atom is -0.356 e. The van der Waals surface area contributed by atoms with Crippen molar-refractivity contribution in [3.63, 3.8) is 0 Å². The summed E-state index contributed by atoms with van der Waals surface area (Å²) in [4.78, 5) is 14.5. The van der Waals surface area contributed by atoms with E-state index in [4.69, 9.17) is 0 Å². The largest absolute Gasteiger partial charge is 0.356 e. The Labute approximate surface area is 183 Å². The molecule has 1 fully saturated rings. The van der Waals surface area contributed by atoms with E-state index in [1.807, 2.05) is 0 Å². The van der Waals surface area contributed by atoms with Gasteiger partial charge in [0.1, 0.15) is 5.82 Å². The van der Waals surface area contributed by atoms with Crippen molar-refractivity contribution in [2.24, 2.45) is 5.92 Å². The minimum atomic E-state index is -3.74. The number of piperidine rings is 1. The zero-order valence-corrected chi connectivity index (χ0v) is 18.6. The number of halogens is 1. The Morgan fingerprint density at radius 2 is 1.71 bits per heavy atom. The molecule has 0 saturated carbocycles. The third kappa shape index (κ3) is 7.41. The molecule has 1 aliphatic rings. The molecular formula is C23H30FN3O3S. The molecule has 1 amide bonds. The average molecular weight is 448 g/mol. The summed E-state index contributed by atoms with van der Waals surface area (Å²) in [6, 6.07) is 13.2. The first-order valence-corrected chi connectivity index (χ1v) is 12.1. The normalized spacial score (nSPS) is 15.7. The topological polar surface area (TPSA) is 78.5 Å². The van der Waals surface area contributed by atoms with E-state index in [2.05, 4.69) is 46.1 Å². The predicted molar refractivity (Wildman–Crippen MR) is 118 cm³/mol. The van der Waals surface area contributed by atoms with Gasteiger partial charge in [-0.05, 0) is 68.6 Å². The Morgan fingerprint density at radius 1 is 1.06 bits per heavy atom. The van der Waals surface area contributed by atoms with Crippen molar-refractivity contribution >= 4 is 15.9 Å². The lowest BCUT2D eigenvalue weighted by atomic mass is 9.96. The number of nitrogens with zero attached hydrogens (tertiary/aromatic N) is 1. The Kier molecular flexibility index (Phi) is 8.17. The second-order valence-corrected chi connectivity index (χ2v) is 9.88. The van der Waals surface area contributed by atoms with Gasteiger partial charge >= 0.3 is 0 Å². The fourth-order valence-corrected chi connectivity index (χ4v) is 4.67. The maximum absolute atomic E-state index is 12.9. The highest BCUT2D eigenvalue weighted by Crippen LogP contribution is 2.18. The standard InChI is InChI=1S/C23H30FN3O3S/c1-18-2-4-20(5-3-18)17-27-14-11-19(12-15-27)16-25-23(28)10-13-26-31(29,30)22-8-6-21(24)7-9-22/h2-9,19,26H,10-17H2,1H3,(H,25,28). The first kappa shape index (κ1) is 23.4. The van der Waals surface area contributed by atoms with Crippen molar-refractivity contribution in [3.05, 3.63) is 65.5 Å². The molecule has 168 valence electrons. The second-order valence-electron chi connectivity index (χ2n) is 8.11. The molecule has 0 unspecified atom stereocenters. The molecule has 2 aromatic carbocycles. The van der Waals surface area contributed by atoms with Crippen molar-refractivity contribution < 1.29 is 17.6 Å². The smallest absolute Gasteiger partial charge is 0.240 e. The third-order valence-corrected chi connectivity index (χ3v) is 7.07. The number of carbonyl (C=O) groups is 1. The van der Waals surface area contributed by atoms with Crippen LogP contribution in [-0.2, 0) is 21.4 Å². The first-order chi connectivity index (χ1) is 14.8. The number of hydrogen-bond donors (Lipinski definition) is 2. The number of carbonyl (C=O) groups excluding carboxylic acids is 1. The van der Waals surface area contributed by atoms with Gasteiger partial charge in [0.25, 0.3) is 0 Å². The van der Waals surface area contributed by atoms with Crippen LogP contribution in [0.4, 0.5) is 4.39 Å². The molecule has 8 heteroatoms. The number of hydrogen-bond acceptors (Lipinski definition) is 4. The summed E-state index contributed by atoms with van der Waals surface area (Å²) in [6.45, 7) is 5.66. The van der Waals surface area contributed by atoms with Crippen molar-refractivity contribution in [2.75, 3.05) is 26.2 Å². The summed E-state index contributed by atoms with van der Waals surface area (Å²) in [5.41, 5.74) is 2.59. The van der Waals surface area contributed by atoms with Crippen LogP contribution in [0, 0.1) is 18.7 Å². The number of nitrogens with one attached hydrogen (secondary N) is 2. The van der Waals surface area contributed by atoms with Crippen LogP contribution >= 0.6 is 0 Å². The lowest BCUT2D eigenvalue weighted by Gasteiger charge is -2.32. The highest BCUT2D eigenvalue weighted by atomic mass is 32.2. The van der Waals surface area contributed by atoms with Crippen molar-refractivity contribution in [3.8, 4) is 0 Å². The molecule has 31 heavy (non-hydrogen) atoms. The van der Waals surface area contributed by atoms with Gasteiger partial charge in [-0.25, -0.2) is 17.5 Å². The molecule has 1 heterocycles. The first-order valence-electron chi connectivity index (χ1n) is 10.6. The highest BCUT2D eigenvalue weighted by Gasteiger charge is 2.20. The third-order valence-electron chi connectivity index (χ3n) is 5.59. The minimum absolute atomic E-state index is 0.000533. The monoisotopic (exact) mass is 447 g/mol. The van der Waals surface area contributed by atoms with Crippen molar-refractivity contribution in [1.82, 2.24) is 14.9 Å². The number of likely N-dealkylation sites (tertiary alicyclic amines) is 1. The molecular weight excluding hydrogens is 417 g/mol. The summed E-state index contributed by atoms with van der Waals surface area (Å²) < 4.78 is 39.6. The molecule has 1 aliphatic heterocycles. The fourth-order valence-electron chi connectivity index (χ4n) is 3.64. The van der Waals surface area contributed by atoms with Crippen LogP contribution < -0.4 is 10.0 Å². The quantitative estimate of drug-likeness (QED) is 0.620. The molecule has 3 rings (SSSR count).